The summed E-state index contributed by atoms with van der Waals surface area (Å²) >= 11 is 1.56. The number of aromatic nitrogens is 1. The van der Waals surface area contributed by atoms with Crippen molar-refractivity contribution in [2.75, 3.05) is 7.11 Å². The summed E-state index contributed by atoms with van der Waals surface area (Å²) in [5.41, 5.74) is 3.06. The highest BCUT2D eigenvalue weighted by Crippen LogP contribution is 2.20. The molecule has 2 N–H and O–H groups in total. The van der Waals surface area contributed by atoms with E-state index in [1.807, 2.05) is 48.8 Å². The second kappa shape index (κ2) is 8.01. The van der Waals surface area contributed by atoms with Crippen LogP contribution in [0.3, 0.4) is 0 Å². The van der Waals surface area contributed by atoms with Gasteiger partial charge in [-0.3, -0.25) is 4.79 Å². The molecule has 2 aromatic heterocycles. The van der Waals surface area contributed by atoms with Crippen molar-refractivity contribution in [1.82, 2.24) is 10.3 Å². The minimum absolute atomic E-state index is 0.326. The molecule has 134 valence electrons. The summed E-state index contributed by atoms with van der Waals surface area (Å²) in [6.07, 6.45) is 5.42. The van der Waals surface area contributed by atoms with E-state index in [1.165, 1.54) is 13.2 Å². The van der Waals surface area contributed by atoms with Crippen molar-refractivity contribution < 1.29 is 14.3 Å². The predicted octanol–water partition coefficient (Wildman–Crippen LogP) is 3.45. The van der Waals surface area contributed by atoms with Crippen LogP contribution in [0.5, 0.6) is 0 Å². The van der Waals surface area contributed by atoms with Gasteiger partial charge in [-0.1, -0.05) is 18.2 Å². The van der Waals surface area contributed by atoms with Crippen LogP contribution in [-0.2, 0) is 20.7 Å². The highest BCUT2D eigenvalue weighted by Gasteiger charge is 2.22. The Hall–Kier alpha value is -2.86. The molecule has 0 spiro atoms. The molecule has 6 heteroatoms. The van der Waals surface area contributed by atoms with Crippen LogP contribution in [0.4, 0.5) is 0 Å². The van der Waals surface area contributed by atoms with Crippen molar-refractivity contribution >= 4 is 40.2 Å². The molecule has 5 nitrogen and oxygen atoms in total. The van der Waals surface area contributed by atoms with Crippen molar-refractivity contribution in [3.05, 3.63) is 64.0 Å². The van der Waals surface area contributed by atoms with Crippen molar-refractivity contribution in [3.8, 4) is 0 Å². The first-order valence-electron chi connectivity index (χ1n) is 8.24. The summed E-state index contributed by atoms with van der Waals surface area (Å²) in [6, 6.07) is 9.09. The quantitative estimate of drug-likeness (QED) is 0.517. The summed E-state index contributed by atoms with van der Waals surface area (Å²) in [5.74, 6) is -0.794. The topological polar surface area (TPSA) is 71.2 Å². The zero-order chi connectivity index (χ0) is 18.5. The van der Waals surface area contributed by atoms with Gasteiger partial charge >= 0.3 is 5.97 Å². The Morgan fingerprint density at radius 1 is 1.31 bits per heavy atom. The average Bonchev–Trinajstić information content (AvgIpc) is 3.25. The summed E-state index contributed by atoms with van der Waals surface area (Å²) in [7, 11) is 1.32. The number of aromatic amines is 1. The van der Waals surface area contributed by atoms with Crippen molar-refractivity contribution in [3.63, 3.8) is 0 Å². The maximum Gasteiger partial charge on any atom is 0.328 e. The van der Waals surface area contributed by atoms with Gasteiger partial charge in [0, 0.05) is 34.5 Å². The number of para-hydroxylation sites is 1. The molecule has 1 unspecified atom stereocenters. The fourth-order valence-electron chi connectivity index (χ4n) is 2.78. The first-order valence-corrected chi connectivity index (χ1v) is 9.12. The number of esters is 1. The minimum atomic E-state index is -0.749. The normalized spacial score (nSPS) is 12.4. The first-order chi connectivity index (χ1) is 12.6. The molecular weight excluding hydrogens is 348 g/mol. The Balaban J connectivity index is 1.74. The monoisotopic (exact) mass is 368 g/mol. The van der Waals surface area contributed by atoms with Crippen LogP contribution in [-0.4, -0.2) is 30.0 Å². The van der Waals surface area contributed by atoms with Gasteiger partial charge in [0.05, 0.1) is 7.11 Å². The van der Waals surface area contributed by atoms with Gasteiger partial charge in [0.25, 0.3) is 0 Å². The second-order valence-corrected chi connectivity index (χ2v) is 6.90. The fraction of sp³-hybridized carbons (Fsp3) is 0.200. The Morgan fingerprint density at radius 2 is 2.12 bits per heavy atom. The van der Waals surface area contributed by atoms with Crippen LogP contribution in [0.15, 0.2) is 48.0 Å². The van der Waals surface area contributed by atoms with E-state index in [9.17, 15) is 9.59 Å². The molecule has 0 fully saturated rings. The maximum absolute atomic E-state index is 12.3. The van der Waals surface area contributed by atoms with E-state index in [4.69, 9.17) is 4.74 Å². The summed E-state index contributed by atoms with van der Waals surface area (Å²) in [4.78, 5) is 28.6. The molecule has 0 radical (unpaired) electrons. The highest BCUT2D eigenvalue weighted by atomic mass is 32.1. The Morgan fingerprint density at radius 3 is 2.85 bits per heavy atom. The van der Waals surface area contributed by atoms with Crippen molar-refractivity contribution in [2.24, 2.45) is 0 Å². The van der Waals surface area contributed by atoms with E-state index < -0.39 is 12.0 Å². The molecule has 0 aliphatic heterocycles. The van der Waals surface area contributed by atoms with Crippen LogP contribution >= 0.6 is 11.3 Å². The minimum Gasteiger partial charge on any atom is -0.467 e. The van der Waals surface area contributed by atoms with Gasteiger partial charge in [-0.2, -0.15) is 0 Å². The van der Waals surface area contributed by atoms with Crippen LogP contribution in [0.1, 0.15) is 16.0 Å². The molecule has 0 aliphatic rings. The van der Waals surface area contributed by atoms with E-state index in [-0.39, 0.29) is 5.91 Å². The van der Waals surface area contributed by atoms with Crippen molar-refractivity contribution in [2.45, 2.75) is 19.4 Å². The molecule has 0 bridgehead atoms. The number of nitrogens with one attached hydrogen (secondary N) is 2. The molecule has 0 saturated carbocycles. The summed E-state index contributed by atoms with van der Waals surface area (Å²) in [5, 5.41) is 5.74. The lowest BCUT2D eigenvalue weighted by Gasteiger charge is -2.15. The zero-order valence-electron chi connectivity index (χ0n) is 14.6. The van der Waals surface area contributed by atoms with E-state index in [0.717, 1.165) is 26.9 Å². The molecule has 1 amide bonds. The summed E-state index contributed by atoms with van der Waals surface area (Å²) < 4.78 is 4.86. The Kier molecular flexibility index (Phi) is 5.53. The van der Waals surface area contributed by atoms with Gasteiger partial charge in [0.15, 0.2) is 0 Å². The number of amides is 1. The lowest BCUT2D eigenvalue weighted by atomic mass is 10.0. The Labute approximate surface area is 155 Å². The molecule has 1 aromatic carbocycles. The molecule has 2 heterocycles. The van der Waals surface area contributed by atoms with Crippen LogP contribution in [0, 0.1) is 6.92 Å². The smallest absolute Gasteiger partial charge is 0.328 e. The number of thiophene rings is 1. The number of carbonyl (C=O) groups excluding carboxylic acids is 2. The molecular formula is C20H20N2O3S. The fourth-order valence-corrected chi connectivity index (χ4v) is 3.60. The van der Waals surface area contributed by atoms with Gasteiger partial charge in [0.2, 0.25) is 5.91 Å². The third kappa shape index (κ3) is 4.03. The zero-order valence-corrected chi connectivity index (χ0v) is 15.4. The number of ether oxygens (including phenoxy) is 1. The van der Waals surface area contributed by atoms with Crippen LogP contribution < -0.4 is 5.32 Å². The number of hydrogen-bond acceptors (Lipinski definition) is 4. The van der Waals surface area contributed by atoms with E-state index in [0.29, 0.717) is 6.42 Å². The standard InChI is InChI=1S/C20H20N2O3S/c1-13-9-10-26-18(13)7-8-19(23)22-17(20(24)25-2)11-14-12-21-16-6-4-3-5-15(14)16/h3-10,12,17,21H,11H2,1-2H3,(H,22,23)/b8-7+. The van der Waals surface area contributed by atoms with E-state index in [1.54, 1.807) is 17.4 Å². The van der Waals surface area contributed by atoms with Gasteiger partial charge in [-0.05, 0) is 41.6 Å². The number of rotatable bonds is 6. The van der Waals surface area contributed by atoms with Crippen molar-refractivity contribution in [1.29, 1.82) is 0 Å². The second-order valence-electron chi connectivity index (χ2n) is 5.95. The molecule has 26 heavy (non-hydrogen) atoms. The van der Waals surface area contributed by atoms with Gasteiger partial charge in [-0.25, -0.2) is 4.79 Å². The SMILES string of the molecule is COC(=O)C(Cc1c[nH]c2ccccc12)NC(=O)/C=C/c1sccc1C. The van der Waals surface area contributed by atoms with E-state index >= 15 is 0 Å². The first kappa shape index (κ1) is 17.9. The lowest BCUT2D eigenvalue weighted by molar-refractivity contribution is -0.144. The number of hydrogen-bond donors (Lipinski definition) is 2. The lowest BCUT2D eigenvalue weighted by Crippen LogP contribution is -2.42. The van der Waals surface area contributed by atoms with E-state index in [2.05, 4.69) is 10.3 Å². The number of fused-ring (bicyclic) bond motifs is 1. The van der Waals surface area contributed by atoms with Gasteiger partial charge < -0.3 is 15.0 Å². The Bertz CT molecular complexity index is 955. The number of benzene rings is 1. The van der Waals surface area contributed by atoms with Crippen LogP contribution in [0.25, 0.3) is 17.0 Å². The number of methoxy groups -OCH3 is 1. The average molecular weight is 368 g/mol. The number of H-pyrrole nitrogens is 1. The van der Waals surface area contributed by atoms with Gasteiger partial charge in [0.1, 0.15) is 6.04 Å². The molecule has 3 aromatic rings. The summed E-state index contributed by atoms with van der Waals surface area (Å²) in [6.45, 7) is 1.99. The third-order valence-corrected chi connectivity index (χ3v) is 5.17. The predicted molar refractivity (Wildman–Crippen MR) is 104 cm³/mol. The third-order valence-electron chi connectivity index (χ3n) is 4.19. The highest BCUT2D eigenvalue weighted by molar-refractivity contribution is 7.11. The van der Waals surface area contributed by atoms with Crippen LogP contribution in [0.2, 0.25) is 0 Å². The number of carbonyl (C=O) groups is 2. The largest absolute Gasteiger partial charge is 0.467 e. The van der Waals surface area contributed by atoms with Gasteiger partial charge in [-0.15, -0.1) is 11.3 Å². The maximum atomic E-state index is 12.3. The number of aryl methyl sites for hydroxylation is 1. The molecule has 1 atom stereocenters. The molecule has 3 rings (SSSR count). The molecule has 0 saturated heterocycles. The molecule has 0 aliphatic carbocycles.